The molecule has 0 radical (unpaired) electrons. The minimum Gasteiger partial charge on any atom is -0.478 e. The molecule has 0 unspecified atom stereocenters. The summed E-state index contributed by atoms with van der Waals surface area (Å²) in [6, 6.07) is 7.17. The number of hydrogen-bond donors (Lipinski definition) is 2. The van der Waals surface area contributed by atoms with Crippen LogP contribution in [0.5, 0.6) is 0 Å². The summed E-state index contributed by atoms with van der Waals surface area (Å²) >= 11 is 1.50. The predicted octanol–water partition coefficient (Wildman–Crippen LogP) is 2.15. The summed E-state index contributed by atoms with van der Waals surface area (Å²) < 4.78 is 0. The highest BCUT2D eigenvalue weighted by atomic mass is 32.2. The van der Waals surface area contributed by atoms with Gasteiger partial charge in [-0.1, -0.05) is 6.07 Å². The third kappa shape index (κ3) is 4.07. The van der Waals surface area contributed by atoms with E-state index in [1.54, 1.807) is 18.2 Å². The van der Waals surface area contributed by atoms with E-state index in [1.807, 2.05) is 6.07 Å². The lowest BCUT2D eigenvalue weighted by Crippen LogP contribution is -2.25. The van der Waals surface area contributed by atoms with Crippen LogP contribution in [0.25, 0.3) is 0 Å². The molecule has 0 aromatic heterocycles. The zero-order chi connectivity index (χ0) is 13.0. The first-order chi connectivity index (χ1) is 8.65. The summed E-state index contributed by atoms with van der Waals surface area (Å²) in [5, 5.41) is 11.8. The van der Waals surface area contributed by atoms with Crippen LogP contribution in [0.3, 0.4) is 0 Å². The second kappa shape index (κ2) is 5.91. The molecule has 2 N–H and O–H groups in total. The molecule has 0 atom stereocenters. The summed E-state index contributed by atoms with van der Waals surface area (Å²) in [4.78, 5) is 23.1. The van der Waals surface area contributed by atoms with Gasteiger partial charge in [-0.15, -0.1) is 11.8 Å². The van der Waals surface area contributed by atoms with Gasteiger partial charge in [0.05, 0.1) is 5.56 Å². The molecule has 96 valence electrons. The van der Waals surface area contributed by atoms with Crippen molar-refractivity contribution in [3.05, 3.63) is 29.8 Å². The van der Waals surface area contributed by atoms with Crippen LogP contribution in [-0.2, 0) is 4.79 Å². The SMILES string of the molecule is O=C(CCSc1cccc(C(=O)O)c1)NC1CC1. The maximum absolute atomic E-state index is 11.4. The molecule has 1 fully saturated rings. The summed E-state index contributed by atoms with van der Waals surface area (Å²) in [7, 11) is 0. The number of benzene rings is 1. The first kappa shape index (κ1) is 13.0. The number of rotatable bonds is 6. The van der Waals surface area contributed by atoms with Crippen LogP contribution in [0.1, 0.15) is 29.6 Å². The van der Waals surface area contributed by atoms with Gasteiger partial charge in [-0.2, -0.15) is 0 Å². The lowest BCUT2D eigenvalue weighted by atomic mass is 10.2. The molecule has 2 rings (SSSR count). The van der Waals surface area contributed by atoms with E-state index >= 15 is 0 Å². The van der Waals surface area contributed by atoms with Crippen molar-refractivity contribution >= 4 is 23.6 Å². The van der Waals surface area contributed by atoms with Crippen LogP contribution in [0.4, 0.5) is 0 Å². The first-order valence-corrected chi connectivity index (χ1v) is 6.89. The Morgan fingerprint density at radius 1 is 1.39 bits per heavy atom. The van der Waals surface area contributed by atoms with Crippen molar-refractivity contribution in [2.75, 3.05) is 5.75 Å². The van der Waals surface area contributed by atoms with Crippen molar-refractivity contribution in [3.8, 4) is 0 Å². The fourth-order valence-electron chi connectivity index (χ4n) is 1.51. The summed E-state index contributed by atoms with van der Waals surface area (Å²) in [6.45, 7) is 0. The number of hydrogen-bond acceptors (Lipinski definition) is 3. The standard InChI is InChI=1S/C13H15NO3S/c15-12(14-10-4-5-10)6-7-18-11-3-1-2-9(8-11)13(16)17/h1-3,8,10H,4-7H2,(H,14,15)(H,16,17). The summed E-state index contributed by atoms with van der Waals surface area (Å²) in [6.07, 6.45) is 2.66. The maximum Gasteiger partial charge on any atom is 0.335 e. The van der Waals surface area contributed by atoms with Gasteiger partial charge in [-0.05, 0) is 31.0 Å². The minimum absolute atomic E-state index is 0.0828. The monoisotopic (exact) mass is 265 g/mol. The van der Waals surface area contributed by atoms with Crippen molar-refractivity contribution in [2.45, 2.75) is 30.2 Å². The number of aromatic carboxylic acids is 1. The Kier molecular flexibility index (Phi) is 4.25. The molecule has 1 aromatic rings. The minimum atomic E-state index is -0.927. The van der Waals surface area contributed by atoms with E-state index in [4.69, 9.17) is 5.11 Å². The number of carboxylic acids is 1. The van der Waals surface area contributed by atoms with Gasteiger partial charge in [-0.3, -0.25) is 4.79 Å². The molecule has 0 bridgehead atoms. The molecule has 0 aliphatic heterocycles. The van der Waals surface area contributed by atoms with Crippen LogP contribution in [-0.4, -0.2) is 28.8 Å². The molecule has 0 spiro atoms. The first-order valence-electron chi connectivity index (χ1n) is 5.90. The fourth-order valence-corrected chi connectivity index (χ4v) is 2.42. The Hall–Kier alpha value is -1.49. The van der Waals surface area contributed by atoms with E-state index in [2.05, 4.69) is 5.32 Å². The highest BCUT2D eigenvalue weighted by molar-refractivity contribution is 7.99. The zero-order valence-electron chi connectivity index (χ0n) is 9.89. The number of carbonyl (C=O) groups is 2. The maximum atomic E-state index is 11.4. The largest absolute Gasteiger partial charge is 0.478 e. The van der Waals surface area contributed by atoms with Gasteiger partial charge < -0.3 is 10.4 Å². The van der Waals surface area contributed by atoms with Gasteiger partial charge in [0, 0.05) is 23.1 Å². The zero-order valence-corrected chi connectivity index (χ0v) is 10.7. The van der Waals surface area contributed by atoms with Gasteiger partial charge >= 0.3 is 5.97 Å². The van der Waals surface area contributed by atoms with Crippen LogP contribution in [0, 0.1) is 0 Å². The van der Waals surface area contributed by atoms with E-state index in [-0.39, 0.29) is 11.5 Å². The number of thioether (sulfide) groups is 1. The van der Waals surface area contributed by atoms with Crippen LogP contribution >= 0.6 is 11.8 Å². The Balaban J connectivity index is 1.76. The Morgan fingerprint density at radius 2 is 2.17 bits per heavy atom. The number of nitrogens with one attached hydrogen (secondary N) is 1. The lowest BCUT2D eigenvalue weighted by molar-refractivity contribution is -0.120. The van der Waals surface area contributed by atoms with Gasteiger partial charge in [0.15, 0.2) is 0 Å². The molecular weight excluding hydrogens is 250 g/mol. The Morgan fingerprint density at radius 3 is 2.83 bits per heavy atom. The molecule has 1 aromatic carbocycles. The molecule has 0 heterocycles. The third-order valence-electron chi connectivity index (χ3n) is 2.62. The van der Waals surface area contributed by atoms with Crippen molar-refractivity contribution < 1.29 is 14.7 Å². The number of amides is 1. The number of carboxylic acid groups (broad SMARTS) is 1. The topological polar surface area (TPSA) is 66.4 Å². The van der Waals surface area contributed by atoms with Gasteiger partial charge in [0.2, 0.25) is 5.91 Å². The number of carbonyl (C=O) groups excluding carboxylic acids is 1. The van der Waals surface area contributed by atoms with E-state index in [1.165, 1.54) is 11.8 Å². The lowest BCUT2D eigenvalue weighted by Gasteiger charge is -2.04. The van der Waals surface area contributed by atoms with E-state index in [9.17, 15) is 9.59 Å². The van der Waals surface area contributed by atoms with Crippen molar-refractivity contribution in [1.29, 1.82) is 0 Å². The Labute approximate surface area is 110 Å². The highest BCUT2D eigenvalue weighted by Crippen LogP contribution is 2.21. The summed E-state index contributed by atoms with van der Waals surface area (Å²) in [5.74, 6) is -0.176. The average Bonchev–Trinajstić information content (AvgIpc) is 3.13. The molecule has 1 saturated carbocycles. The second-order valence-corrected chi connectivity index (χ2v) is 5.44. The molecule has 4 nitrogen and oxygen atoms in total. The normalized spacial score (nSPS) is 14.2. The van der Waals surface area contributed by atoms with Gasteiger partial charge in [0.1, 0.15) is 0 Å². The van der Waals surface area contributed by atoms with Gasteiger partial charge in [-0.25, -0.2) is 4.79 Å². The molecule has 1 aliphatic carbocycles. The van der Waals surface area contributed by atoms with Crippen LogP contribution < -0.4 is 5.32 Å². The quantitative estimate of drug-likeness (QED) is 0.773. The third-order valence-corrected chi connectivity index (χ3v) is 3.62. The molecule has 5 heteroatoms. The summed E-state index contributed by atoms with van der Waals surface area (Å²) in [5.41, 5.74) is 0.280. The van der Waals surface area contributed by atoms with Gasteiger partial charge in [0.25, 0.3) is 0 Å². The average molecular weight is 265 g/mol. The van der Waals surface area contributed by atoms with Crippen LogP contribution in [0.15, 0.2) is 29.2 Å². The van der Waals surface area contributed by atoms with Crippen molar-refractivity contribution in [2.24, 2.45) is 0 Å². The van der Waals surface area contributed by atoms with Crippen LogP contribution in [0.2, 0.25) is 0 Å². The Bertz CT molecular complexity index is 457. The van der Waals surface area contributed by atoms with Crippen molar-refractivity contribution in [3.63, 3.8) is 0 Å². The van der Waals surface area contributed by atoms with E-state index in [0.29, 0.717) is 18.2 Å². The molecule has 1 amide bonds. The smallest absolute Gasteiger partial charge is 0.335 e. The molecule has 1 aliphatic rings. The fraction of sp³-hybridized carbons (Fsp3) is 0.385. The highest BCUT2D eigenvalue weighted by Gasteiger charge is 2.22. The second-order valence-electron chi connectivity index (χ2n) is 4.27. The molecular formula is C13H15NO3S. The predicted molar refractivity (Wildman–Crippen MR) is 69.9 cm³/mol. The van der Waals surface area contributed by atoms with Crippen molar-refractivity contribution in [1.82, 2.24) is 5.32 Å². The molecule has 0 saturated heterocycles. The molecule has 18 heavy (non-hydrogen) atoms. The van der Waals surface area contributed by atoms with E-state index in [0.717, 1.165) is 17.7 Å². The van der Waals surface area contributed by atoms with E-state index < -0.39 is 5.97 Å².